The number of aryl methyl sites for hydroxylation is 1. The SMILES string of the molecule is CCCCCc1ccc(-c2cccc(B(O)O)c2F)cc1. The van der Waals surface area contributed by atoms with E-state index in [1.165, 1.54) is 24.5 Å². The molecule has 110 valence electrons. The molecule has 0 aromatic heterocycles. The lowest BCUT2D eigenvalue weighted by molar-refractivity contribution is 0.423. The van der Waals surface area contributed by atoms with Gasteiger partial charge in [0.25, 0.3) is 0 Å². The van der Waals surface area contributed by atoms with Crippen molar-refractivity contribution in [3.05, 3.63) is 53.8 Å². The molecule has 0 saturated carbocycles. The van der Waals surface area contributed by atoms with Crippen LogP contribution in [0.2, 0.25) is 0 Å². The van der Waals surface area contributed by atoms with Crippen molar-refractivity contribution in [2.45, 2.75) is 32.6 Å². The van der Waals surface area contributed by atoms with Crippen molar-refractivity contribution in [1.82, 2.24) is 0 Å². The zero-order valence-electron chi connectivity index (χ0n) is 12.2. The van der Waals surface area contributed by atoms with Gasteiger partial charge in [0.2, 0.25) is 0 Å². The molecule has 0 aliphatic rings. The Morgan fingerprint density at radius 1 is 1.00 bits per heavy atom. The van der Waals surface area contributed by atoms with Crippen LogP contribution in [0.3, 0.4) is 0 Å². The summed E-state index contributed by atoms with van der Waals surface area (Å²) in [4.78, 5) is 0. The quantitative estimate of drug-likeness (QED) is 0.633. The predicted molar refractivity (Wildman–Crippen MR) is 84.9 cm³/mol. The smallest absolute Gasteiger partial charge is 0.423 e. The highest BCUT2D eigenvalue weighted by Gasteiger charge is 2.19. The molecule has 2 rings (SSSR count). The summed E-state index contributed by atoms with van der Waals surface area (Å²) in [5, 5.41) is 18.3. The largest absolute Gasteiger partial charge is 0.491 e. The summed E-state index contributed by atoms with van der Waals surface area (Å²) < 4.78 is 14.2. The molecule has 2 aromatic carbocycles. The molecule has 0 radical (unpaired) electrons. The van der Waals surface area contributed by atoms with Gasteiger partial charge in [0.05, 0.1) is 0 Å². The van der Waals surface area contributed by atoms with E-state index in [-0.39, 0.29) is 5.46 Å². The molecule has 0 atom stereocenters. The maximum Gasteiger partial charge on any atom is 0.491 e. The van der Waals surface area contributed by atoms with E-state index < -0.39 is 12.9 Å². The summed E-state index contributed by atoms with van der Waals surface area (Å²) in [5.41, 5.74) is 2.28. The molecule has 0 bridgehead atoms. The van der Waals surface area contributed by atoms with Crippen LogP contribution in [0.15, 0.2) is 42.5 Å². The van der Waals surface area contributed by atoms with Crippen LogP contribution in [0, 0.1) is 5.82 Å². The van der Waals surface area contributed by atoms with Gasteiger partial charge in [0, 0.05) is 11.0 Å². The van der Waals surface area contributed by atoms with Crippen LogP contribution >= 0.6 is 0 Å². The highest BCUT2D eigenvalue weighted by atomic mass is 19.1. The summed E-state index contributed by atoms with van der Waals surface area (Å²) in [6.07, 6.45) is 4.61. The summed E-state index contributed by atoms with van der Waals surface area (Å²) in [5.74, 6) is -0.578. The fourth-order valence-corrected chi connectivity index (χ4v) is 2.40. The van der Waals surface area contributed by atoms with Gasteiger partial charge in [-0.15, -0.1) is 0 Å². The number of hydrogen-bond donors (Lipinski definition) is 2. The van der Waals surface area contributed by atoms with Crippen LogP contribution in [0.1, 0.15) is 31.7 Å². The van der Waals surface area contributed by atoms with E-state index in [4.69, 9.17) is 10.0 Å². The third kappa shape index (κ3) is 3.93. The van der Waals surface area contributed by atoms with E-state index in [1.807, 2.05) is 24.3 Å². The van der Waals surface area contributed by atoms with Crippen molar-refractivity contribution in [3.63, 3.8) is 0 Å². The number of hydrogen-bond acceptors (Lipinski definition) is 2. The summed E-state index contributed by atoms with van der Waals surface area (Å²) >= 11 is 0. The van der Waals surface area contributed by atoms with Crippen molar-refractivity contribution < 1.29 is 14.4 Å². The number of benzene rings is 2. The average Bonchev–Trinajstić information content (AvgIpc) is 2.48. The number of halogens is 1. The predicted octanol–water partition coefficient (Wildman–Crippen LogP) is 2.91. The normalized spacial score (nSPS) is 10.7. The molecule has 4 heteroatoms. The van der Waals surface area contributed by atoms with Gasteiger partial charge in [-0.2, -0.15) is 0 Å². The lowest BCUT2D eigenvalue weighted by atomic mass is 9.78. The fraction of sp³-hybridized carbons (Fsp3) is 0.294. The van der Waals surface area contributed by atoms with E-state index in [9.17, 15) is 4.39 Å². The summed E-state index contributed by atoms with van der Waals surface area (Å²) in [6, 6.07) is 12.4. The molecule has 0 spiro atoms. The molecule has 0 amide bonds. The van der Waals surface area contributed by atoms with Gasteiger partial charge >= 0.3 is 7.12 Å². The van der Waals surface area contributed by atoms with E-state index in [2.05, 4.69) is 6.92 Å². The molecular formula is C17H20BFO2. The zero-order valence-corrected chi connectivity index (χ0v) is 12.2. The van der Waals surface area contributed by atoms with Crippen LogP contribution in [0.4, 0.5) is 4.39 Å². The molecule has 21 heavy (non-hydrogen) atoms. The maximum atomic E-state index is 14.2. The van der Waals surface area contributed by atoms with Gasteiger partial charge in [-0.1, -0.05) is 62.2 Å². The Balaban J connectivity index is 2.21. The Hall–Kier alpha value is -1.65. The Kier molecular flexibility index (Phi) is 5.54. The van der Waals surface area contributed by atoms with Crippen molar-refractivity contribution in [1.29, 1.82) is 0 Å². The minimum absolute atomic E-state index is 0.0977. The van der Waals surface area contributed by atoms with Gasteiger partial charge < -0.3 is 10.0 Å². The number of rotatable bonds is 6. The lowest BCUT2D eigenvalue weighted by Crippen LogP contribution is -2.32. The summed E-state index contributed by atoms with van der Waals surface area (Å²) in [7, 11) is -1.79. The van der Waals surface area contributed by atoms with Gasteiger partial charge in [0.15, 0.2) is 0 Å². The fourth-order valence-electron chi connectivity index (χ4n) is 2.40. The van der Waals surface area contributed by atoms with E-state index in [0.717, 1.165) is 18.4 Å². The molecule has 0 fully saturated rings. The molecule has 0 unspecified atom stereocenters. The first-order chi connectivity index (χ1) is 10.1. The Labute approximate surface area is 125 Å². The topological polar surface area (TPSA) is 40.5 Å². The molecule has 0 heterocycles. The van der Waals surface area contributed by atoms with Crippen LogP contribution in [-0.4, -0.2) is 17.2 Å². The van der Waals surface area contributed by atoms with Crippen LogP contribution in [-0.2, 0) is 6.42 Å². The van der Waals surface area contributed by atoms with Crippen molar-refractivity contribution in [2.75, 3.05) is 0 Å². The first-order valence-electron chi connectivity index (χ1n) is 7.37. The lowest BCUT2D eigenvalue weighted by Gasteiger charge is -2.09. The zero-order chi connectivity index (χ0) is 15.2. The maximum absolute atomic E-state index is 14.2. The third-order valence-corrected chi connectivity index (χ3v) is 3.64. The van der Waals surface area contributed by atoms with Gasteiger partial charge in [-0.05, 0) is 24.0 Å². The molecule has 2 nitrogen and oxygen atoms in total. The molecule has 2 N–H and O–H groups in total. The van der Waals surface area contributed by atoms with E-state index in [1.54, 1.807) is 12.1 Å². The van der Waals surface area contributed by atoms with Gasteiger partial charge in [-0.25, -0.2) is 4.39 Å². The van der Waals surface area contributed by atoms with Crippen LogP contribution < -0.4 is 5.46 Å². The number of unbranched alkanes of at least 4 members (excludes halogenated alkanes) is 2. The second-order valence-electron chi connectivity index (χ2n) is 5.24. The van der Waals surface area contributed by atoms with E-state index in [0.29, 0.717) is 5.56 Å². The second kappa shape index (κ2) is 7.39. The van der Waals surface area contributed by atoms with Crippen molar-refractivity contribution >= 4 is 12.6 Å². The highest BCUT2D eigenvalue weighted by Crippen LogP contribution is 2.22. The monoisotopic (exact) mass is 286 g/mol. The Morgan fingerprint density at radius 2 is 1.71 bits per heavy atom. The molecular weight excluding hydrogens is 266 g/mol. The first-order valence-corrected chi connectivity index (χ1v) is 7.37. The van der Waals surface area contributed by atoms with Gasteiger partial charge in [-0.3, -0.25) is 0 Å². The molecule has 0 aliphatic carbocycles. The average molecular weight is 286 g/mol. The van der Waals surface area contributed by atoms with Crippen molar-refractivity contribution in [3.8, 4) is 11.1 Å². The minimum Gasteiger partial charge on any atom is -0.423 e. The second-order valence-corrected chi connectivity index (χ2v) is 5.24. The summed E-state index contributed by atoms with van der Waals surface area (Å²) in [6.45, 7) is 2.18. The minimum atomic E-state index is -1.79. The highest BCUT2D eigenvalue weighted by molar-refractivity contribution is 6.58. The molecule has 0 aliphatic heterocycles. The Bertz CT molecular complexity index is 582. The van der Waals surface area contributed by atoms with Crippen molar-refractivity contribution in [2.24, 2.45) is 0 Å². The first kappa shape index (κ1) is 15.7. The van der Waals surface area contributed by atoms with Gasteiger partial charge in [0.1, 0.15) is 5.82 Å². The van der Waals surface area contributed by atoms with Crippen LogP contribution in [0.25, 0.3) is 11.1 Å². The molecule has 2 aromatic rings. The standard InChI is InChI=1S/C17H20BFO2/c1-2-3-4-6-13-9-11-14(12-10-13)15-7-5-8-16(17(15)19)18(20)21/h5,7-12,20-21H,2-4,6H2,1H3. The Morgan fingerprint density at radius 3 is 2.33 bits per heavy atom. The van der Waals surface area contributed by atoms with E-state index >= 15 is 0 Å². The molecule has 0 saturated heterocycles. The van der Waals surface area contributed by atoms with Crippen LogP contribution in [0.5, 0.6) is 0 Å². The third-order valence-electron chi connectivity index (χ3n) is 3.64.